The fraction of sp³-hybridized carbons (Fsp3) is 0.667. The fourth-order valence-corrected chi connectivity index (χ4v) is 3.35. The Bertz CT molecular complexity index is 445. The Balaban J connectivity index is 2.06. The van der Waals surface area contributed by atoms with Crippen molar-refractivity contribution in [3.05, 3.63) is 29.8 Å². The molecule has 2 unspecified atom stereocenters. The average molecular weight is 290 g/mol. The molecule has 0 amide bonds. The maximum Gasteiger partial charge on any atom is 0.115 e. The zero-order valence-electron chi connectivity index (χ0n) is 13.8. The van der Waals surface area contributed by atoms with E-state index in [1.54, 1.807) is 6.07 Å². The monoisotopic (exact) mass is 290 g/mol. The Morgan fingerprint density at radius 3 is 2.67 bits per heavy atom. The maximum atomic E-state index is 9.66. The molecule has 2 N–H and O–H groups in total. The topological polar surface area (TPSA) is 35.5 Å². The predicted molar refractivity (Wildman–Crippen MR) is 88.4 cm³/mol. The maximum absolute atomic E-state index is 9.66. The molecule has 0 saturated carbocycles. The molecule has 1 aliphatic heterocycles. The molecule has 118 valence electrons. The Labute approximate surface area is 129 Å². The van der Waals surface area contributed by atoms with E-state index in [0.717, 1.165) is 25.6 Å². The molecule has 3 nitrogen and oxygen atoms in total. The first-order valence-corrected chi connectivity index (χ1v) is 8.21. The molecule has 1 fully saturated rings. The third kappa shape index (κ3) is 4.72. The highest BCUT2D eigenvalue weighted by atomic mass is 16.3. The standard InChI is InChI=1S/C18H30N2O/c1-13(2)8-16-12-20(18(10-19-16)14(3)4)11-15-6-5-7-17(21)9-15/h5-7,9,13-14,16,18-19,21H,8,10-12H2,1-4H3. The van der Waals surface area contributed by atoms with E-state index in [-0.39, 0.29) is 0 Å². The largest absolute Gasteiger partial charge is 0.508 e. The minimum atomic E-state index is 0.363. The van der Waals surface area contributed by atoms with Gasteiger partial charge in [0.1, 0.15) is 5.75 Å². The molecule has 0 radical (unpaired) electrons. The number of phenolic OH excluding ortho intramolecular Hbond substituents is 1. The fourth-order valence-electron chi connectivity index (χ4n) is 3.35. The van der Waals surface area contributed by atoms with Crippen molar-refractivity contribution >= 4 is 0 Å². The van der Waals surface area contributed by atoms with Gasteiger partial charge in [-0.25, -0.2) is 0 Å². The highest BCUT2D eigenvalue weighted by molar-refractivity contribution is 5.27. The van der Waals surface area contributed by atoms with Gasteiger partial charge in [0.05, 0.1) is 0 Å². The summed E-state index contributed by atoms with van der Waals surface area (Å²) in [5.41, 5.74) is 1.20. The van der Waals surface area contributed by atoms with Crippen LogP contribution in [0.3, 0.4) is 0 Å². The Morgan fingerprint density at radius 1 is 1.29 bits per heavy atom. The van der Waals surface area contributed by atoms with Crippen LogP contribution in [0.2, 0.25) is 0 Å². The van der Waals surface area contributed by atoms with Gasteiger partial charge in [-0.1, -0.05) is 39.8 Å². The summed E-state index contributed by atoms with van der Waals surface area (Å²) in [6.07, 6.45) is 1.22. The predicted octanol–water partition coefficient (Wildman–Crippen LogP) is 3.24. The number of rotatable bonds is 5. The van der Waals surface area contributed by atoms with Crippen LogP contribution < -0.4 is 5.32 Å². The quantitative estimate of drug-likeness (QED) is 0.874. The van der Waals surface area contributed by atoms with Crippen LogP contribution in [0.1, 0.15) is 39.7 Å². The number of hydrogen-bond donors (Lipinski definition) is 2. The molecule has 0 spiro atoms. The van der Waals surface area contributed by atoms with E-state index in [2.05, 4.69) is 44.0 Å². The van der Waals surface area contributed by atoms with Gasteiger partial charge in [0.25, 0.3) is 0 Å². The van der Waals surface area contributed by atoms with Gasteiger partial charge < -0.3 is 10.4 Å². The molecule has 1 aliphatic rings. The summed E-state index contributed by atoms with van der Waals surface area (Å²) < 4.78 is 0. The van der Waals surface area contributed by atoms with Gasteiger partial charge in [-0.15, -0.1) is 0 Å². The molecule has 3 heteroatoms. The van der Waals surface area contributed by atoms with Crippen molar-refractivity contribution < 1.29 is 5.11 Å². The Kier molecular flexibility index (Phi) is 5.65. The van der Waals surface area contributed by atoms with Crippen molar-refractivity contribution in [1.82, 2.24) is 10.2 Å². The normalized spacial score (nSPS) is 23.9. The van der Waals surface area contributed by atoms with Gasteiger partial charge >= 0.3 is 0 Å². The zero-order valence-corrected chi connectivity index (χ0v) is 13.8. The summed E-state index contributed by atoms with van der Waals surface area (Å²) in [4.78, 5) is 2.59. The second-order valence-corrected chi connectivity index (χ2v) is 7.15. The van der Waals surface area contributed by atoms with Crippen LogP contribution in [0.15, 0.2) is 24.3 Å². The minimum Gasteiger partial charge on any atom is -0.508 e. The van der Waals surface area contributed by atoms with Gasteiger partial charge in [-0.3, -0.25) is 4.90 Å². The number of piperazine rings is 1. The number of aromatic hydroxyl groups is 1. The average Bonchev–Trinajstić information content (AvgIpc) is 2.37. The number of phenols is 1. The van der Waals surface area contributed by atoms with Crippen molar-refractivity contribution in [2.75, 3.05) is 13.1 Å². The zero-order chi connectivity index (χ0) is 15.4. The molecular formula is C18H30N2O. The van der Waals surface area contributed by atoms with Crippen molar-refractivity contribution in [2.24, 2.45) is 11.8 Å². The highest BCUT2D eigenvalue weighted by Gasteiger charge is 2.29. The van der Waals surface area contributed by atoms with E-state index in [9.17, 15) is 5.11 Å². The molecule has 2 rings (SSSR count). The smallest absolute Gasteiger partial charge is 0.115 e. The highest BCUT2D eigenvalue weighted by Crippen LogP contribution is 2.22. The molecule has 2 atom stereocenters. The second kappa shape index (κ2) is 7.28. The van der Waals surface area contributed by atoms with E-state index in [1.165, 1.54) is 12.0 Å². The van der Waals surface area contributed by atoms with Crippen molar-refractivity contribution in [1.29, 1.82) is 0 Å². The Morgan fingerprint density at radius 2 is 2.05 bits per heavy atom. The van der Waals surface area contributed by atoms with E-state index in [4.69, 9.17) is 0 Å². The summed E-state index contributed by atoms with van der Waals surface area (Å²) in [6.45, 7) is 12.2. The van der Waals surface area contributed by atoms with E-state index >= 15 is 0 Å². The molecule has 0 bridgehead atoms. The van der Waals surface area contributed by atoms with Crippen LogP contribution in [0, 0.1) is 11.8 Å². The first-order valence-electron chi connectivity index (χ1n) is 8.21. The molecule has 0 aromatic heterocycles. The summed E-state index contributed by atoms with van der Waals surface area (Å²) >= 11 is 0. The Hall–Kier alpha value is -1.06. The molecule has 1 saturated heterocycles. The third-order valence-electron chi connectivity index (χ3n) is 4.36. The van der Waals surface area contributed by atoms with Crippen molar-refractivity contribution in [3.8, 4) is 5.75 Å². The second-order valence-electron chi connectivity index (χ2n) is 7.15. The lowest BCUT2D eigenvalue weighted by atomic mass is 9.94. The van der Waals surface area contributed by atoms with Gasteiger partial charge in [0.2, 0.25) is 0 Å². The van der Waals surface area contributed by atoms with E-state index in [0.29, 0.717) is 23.8 Å². The van der Waals surface area contributed by atoms with Crippen molar-refractivity contribution in [2.45, 2.75) is 52.7 Å². The molecule has 1 aromatic carbocycles. The lowest BCUT2D eigenvalue weighted by molar-refractivity contribution is 0.0851. The van der Waals surface area contributed by atoms with Gasteiger partial charge in [0.15, 0.2) is 0 Å². The van der Waals surface area contributed by atoms with E-state index in [1.807, 2.05) is 12.1 Å². The van der Waals surface area contributed by atoms with Crippen LogP contribution >= 0.6 is 0 Å². The number of nitrogens with zero attached hydrogens (tertiary/aromatic N) is 1. The summed E-state index contributed by atoms with van der Waals surface area (Å²) in [6, 6.07) is 8.81. The lowest BCUT2D eigenvalue weighted by Gasteiger charge is -2.43. The van der Waals surface area contributed by atoms with Crippen LogP contribution in [-0.2, 0) is 6.54 Å². The third-order valence-corrected chi connectivity index (χ3v) is 4.36. The number of benzene rings is 1. The molecule has 0 aliphatic carbocycles. The van der Waals surface area contributed by atoms with Crippen LogP contribution in [-0.4, -0.2) is 35.2 Å². The van der Waals surface area contributed by atoms with Gasteiger partial charge in [-0.05, 0) is 36.0 Å². The van der Waals surface area contributed by atoms with Crippen LogP contribution in [0.25, 0.3) is 0 Å². The van der Waals surface area contributed by atoms with Gasteiger partial charge in [-0.2, -0.15) is 0 Å². The molecule has 1 heterocycles. The summed E-state index contributed by atoms with van der Waals surface area (Å²) in [5.74, 6) is 1.72. The molecule has 21 heavy (non-hydrogen) atoms. The van der Waals surface area contributed by atoms with Crippen molar-refractivity contribution in [3.63, 3.8) is 0 Å². The first kappa shape index (κ1) is 16.3. The van der Waals surface area contributed by atoms with Crippen LogP contribution in [0.5, 0.6) is 5.75 Å². The number of nitrogens with one attached hydrogen (secondary N) is 1. The summed E-state index contributed by atoms with van der Waals surface area (Å²) in [7, 11) is 0. The lowest BCUT2D eigenvalue weighted by Crippen LogP contribution is -2.58. The van der Waals surface area contributed by atoms with E-state index < -0.39 is 0 Å². The molecular weight excluding hydrogens is 260 g/mol. The van der Waals surface area contributed by atoms with Crippen LogP contribution in [0.4, 0.5) is 0 Å². The van der Waals surface area contributed by atoms with Gasteiger partial charge in [0, 0.05) is 31.7 Å². The first-order chi connectivity index (χ1) is 9.95. The molecule has 1 aromatic rings. The SMILES string of the molecule is CC(C)CC1CN(Cc2cccc(O)c2)C(C(C)C)CN1. The minimum absolute atomic E-state index is 0.363. The summed E-state index contributed by atoms with van der Waals surface area (Å²) in [5, 5.41) is 13.4. The number of hydrogen-bond acceptors (Lipinski definition) is 3.